The summed E-state index contributed by atoms with van der Waals surface area (Å²) in [6.45, 7) is 6.53. The monoisotopic (exact) mass is 166 g/mol. The van der Waals surface area contributed by atoms with Crippen LogP contribution in [0, 0.1) is 16.7 Å². The highest BCUT2D eigenvalue weighted by Crippen LogP contribution is 2.71. The van der Waals surface area contributed by atoms with Crippen LogP contribution in [0.2, 0.25) is 0 Å². The lowest BCUT2D eigenvalue weighted by Crippen LogP contribution is -2.38. The van der Waals surface area contributed by atoms with Gasteiger partial charge in [-0.1, -0.05) is 13.8 Å². The number of carbonyl (C=O) groups excluding carboxylic acids is 1. The van der Waals surface area contributed by atoms with Crippen molar-refractivity contribution in [2.75, 3.05) is 0 Å². The highest BCUT2D eigenvalue weighted by Gasteiger charge is 2.78. The number of rotatable bonds is 0. The van der Waals surface area contributed by atoms with E-state index in [1.807, 2.05) is 0 Å². The fourth-order valence-corrected chi connectivity index (χ4v) is 3.36. The van der Waals surface area contributed by atoms with Crippen molar-refractivity contribution in [3.8, 4) is 0 Å². The van der Waals surface area contributed by atoms with Gasteiger partial charge in [0, 0.05) is 12.3 Å². The van der Waals surface area contributed by atoms with Gasteiger partial charge in [-0.05, 0) is 12.3 Å². The van der Waals surface area contributed by atoms with Crippen LogP contribution in [0.15, 0.2) is 0 Å². The lowest BCUT2D eigenvalue weighted by atomic mass is 9.69. The van der Waals surface area contributed by atoms with Gasteiger partial charge in [0.25, 0.3) is 0 Å². The Morgan fingerprint density at radius 1 is 1.42 bits per heavy atom. The zero-order valence-electron chi connectivity index (χ0n) is 7.76. The van der Waals surface area contributed by atoms with Gasteiger partial charge in [-0.25, -0.2) is 0 Å². The third kappa shape index (κ3) is 0.434. The van der Waals surface area contributed by atoms with E-state index in [2.05, 4.69) is 20.8 Å². The molecule has 4 atom stereocenters. The third-order valence-electron chi connectivity index (χ3n) is 4.74. The lowest BCUT2D eigenvalue weighted by Gasteiger charge is -2.34. The minimum Gasteiger partial charge on any atom is -0.368 e. The normalized spacial score (nSPS) is 58.9. The summed E-state index contributed by atoms with van der Waals surface area (Å²) in [6.07, 6.45) is 1.44. The SMILES string of the molecule is CC1(C)C2CC(=O)C1(C)C1OC21. The molecule has 0 aromatic rings. The number of carbonyl (C=O) groups is 1. The number of hydrogen-bond acceptors (Lipinski definition) is 2. The van der Waals surface area contributed by atoms with Crippen LogP contribution < -0.4 is 0 Å². The summed E-state index contributed by atoms with van der Waals surface area (Å²) in [5.41, 5.74) is 0.0139. The van der Waals surface area contributed by atoms with E-state index in [1.54, 1.807) is 0 Å². The first-order chi connectivity index (χ1) is 5.49. The van der Waals surface area contributed by atoms with Gasteiger partial charge in [0.05, 0.1) is 17.6 Å². The van der Waals surface area contributed by atoms with E-state index in [0.29, 0.717) is 17.8 Å². The molecular formula is C10H14O2. The fraction of sp³-hybridized carbons (Fsp3) is 0.900. The molecule has 1 heterocycles. The molecule has 3 aliphatic rings. The molecule has 3 rings (SSSR count). The van der Waals surface area contributed by atoms with Gasteiger partial charge in [0.2, 0.25) is 0 Å². The van der Waals surface area contributed by atoms with Crippen molar-refractivity contribution in [3.63, 3.8) is 0 Å². The van der Waals surface area contributed by atoms with Crippen LogP contribution >= 0.6 is 0 Å². The van der Waals surface area contributed by atoms with Crippen molar-refractivity contribution < 1.29 is 9.53 Å². The summed E-state index contributed by atoms with van der Waals surface area (Å²) >= 11 is 0. The number of ketones is 1. The van der Waals surface area contributed by atoms with Gasteiger partial charge in [-0.2, -0.15) is 0 Å². The standard InChI is InChI=1S/C10H14O2/c1-9(2)5-4-6(11)10(9,3)8-7(5)12-8/h5,7-8H,4H2,1-3H3. The Morgan fingerprint density at radius 3 is 2.50 bits per heavy atom. The van der Waals surface area contributed by atoms with E-state index >= 15 is 0 Å². The summed E-state index contributed by atoms with van der Waals surface area (Å²) < 4.78 is 5.53. The van der Waals surface area contributed by atoms with Gasteiger partial charge in [-0.15, -0.1) is 0 Å². The van der Waals surface area contributed by atoms with Gasteiger partial charge >= 0.3 is 0 Å². The molecule has 0 spiro atoms. The van der Waals surface area contributed by atoms with Crippen molar-refractivity contribution in [1.82, 2.24) is 0 Å². The van der Waals surface area contributed by atoms with Crippen LogP contribution in [0.5, 0.6) is 0 Å². The molecular weight excluding hydrogens is 152 g/mol. The lowest BCUT2D eigenvalue weighted by molar-refractivity contribution is -0.129. The van der Waals surface area contributed by atoms with Crippen molar-refractivity contribution in [1.29, 1.82) is 0 Å². The molecule has 2 nitrogen and oxygen atoms in total. The molecule has 2 heteroatoms. The number of Topliss-reactive ketones (excluding diaryl/α,β-unsaturated/α-hetero) is 1. The quantitative estimate of drug-likeness (QED) is 0.509. The van der Waals surface area contributed by atoms with E-state index in [9.17, 15) is 4.79 Å². The maximum absolute atomic E-state index is 11.7. The summed E-state index contributed by atoms with van der Waals surface area (Å²) in [5, 5.41) is 0. The Kier molecular flexibility index (Phi) is 0.885. The van der Waals surface area contributed by atoms with Gasteiger partial charge in [-0.3, -0.25) is 4.79 Å². The molecule has 12 heavy (non-hydrogen) atoms. The molecule has 2 saturated carbocycles. The zero-order chi connectivity index (χ0) is 8.72. The molecule has 0 aromatic carbocycles. The second-order valence-electron chi connectivity index (χ2n) is 5.18. The summed E-state index contributed by atoms with van der Waals surface area (Å²) in [6, 6.07) is 0. The van der Waals surface area contributed by atoms with Gasteiger partial charge < -0.3 is 4.74 Å². The van der Waals surface area contributed by atoms with Crippen LogP contribution in [0.3, 0.4) is 0 Å². The van der Waals surface area contributed by atoms with Crippen molar-refractivity contribution >= 4 is 5.78 Å². The molecule has 2 bridgehead atoms. The topological polar surface area (TPSA) is 29.6 Å². The van der Waals surface area contributed by atoms with E-state index in [1.165, 1.54) is 0 Å². The Bertz CT molecular complexity index is 282. The zero-order valence-corrected chi connectivity index (χ0v) is 7.76. The summed E-state index contributed by atoms with van der Waals surface area (Å²) in [7, 11) is 0. The second-order valence-corrected chi connectivity index (χ2v) is 5.18. The van der Waals surface area contributed by atoms with Crippen LogP contribution in [0.4, 0.5) is 0 Å². The molecule has 2 aliphatic carbocycles. The summed E-state index contributed by atoms with van der Waals surface area (Å²) in [5.74, 6) is 0.927. The second kappa shape index (κ2) is 1.50. The smallest absolute Gasteiger partial charge is 0.142 e. The average Bonchev–Trinajstić information content (AvgIpc) is 2.68. The van der Waals surface area contributed by atoms with E-state index in [-0.39, 0.29) is 16.9 Å². The molecule has 0 amide bonds. The van der Waals surface area contributed by atoms with E-state index < -0.39 is 0 Å². The molecule has 66 valence electrons. The van der Waals surface area contributed by atoms with Crippen LogP contribution in [-0.2, 0) is 9.53 Å². The average molecular weight is 166 g/mol. The number of epoxide rings is 1. The first-order valence-electron chi connectivity index (χ1n) is 4.68. The van der Waals surface area contributed by atoms with Gasteiger partial charge in [0.15, 0.2) is 0 Å². The van der Waals surface area contributed by atoms with E-state index in [0.717, 1.165) is 6.42 Å². The van der Waals surface area contributed by atoms with Crippen LogP contribution in [-0.4, -0.2) is 18.0 Å². The largest absolute Gasteiger partial charge is 0.368 e. The Hall–Kier alpha value is -0.370. The molecule has 0 aromatic heterocycles. The Balaban J connectivity index is 2.19. The molecule has 0 radical (unpaired) electrons. The maximum atomic E-state index is 11.7. The molecule has 0 N–H and O–H groups in total. The third-order valence-corrected chi connectivity index (χ3v) is 4.74. The highest BCUT2D eigenvalue weighted by atomic mass is 16.6. The highest BCUT2D eigenvalue weighted by molar-refractivity contribution is 5.91. The van der Waals surface area contributed by atoms with Crippen LogP contribution in [0.1, 0.15) is 27.2 Å². The molecule has 4 unspecified atom stereocenters. The van der Waals surface area contributed by atoms with Crippen molar-refractivity contribution in [2.24, 2.45) is 16.7 Å². The number of hydrogen-bond donors (Lipinski definition) is 0. The van der Waals surface area contributed by atoms with E-state index in [4.69, 9.17) is 4.74 Å². The number of fused-ring (bicyclic) bond motifs is 5. The van der Waals surface area contributed by atoms with Crippen molar-refractivity contribution in [3.05, 3.63) is 0 Å². The predicted octanol–water partition coefficient (Wildman–Crippen LogP) is 1.39. The Morgan fingerprint density at radius 2 is 2.08 bits per heavy atom. The van der Waals surface area contributed by atoms with Gasteiger partial charge in [0.1, 0.15) is 5.78 Å². The molecule has 1 aliphatic heterocycles. The molecule has 3 fully saturated rings. The maximum Gasteiger partial charge on any atom is 0.142 e. The van der Waals surface area contributed by atoms with Crippen molar-refractivity contribution in [2.45, 2.75) is 39.4 Å². The summed E-state index contributed by atoms with van der Waals surface area (Å²) in [4.78, 5) is 11.7. The minimum absolute atomic E-state index is 0.164. The Labute approximate surface area is 72.3 Å². The first-order valence-corrected chi connectivity index (χ1v) is 4.68. The minimum atomic E-state index is -0.164. The van der Waals surface area contributed by atoms with Crippen LogP contribution in [0.25, 0.3) is 0 Å². The predicted molar refractivity (Wildman–Crippen MR) is 43.7 cm³/mol. The first kappa shape index (κ1) is 7.07. The molecule has 1 saturated heterocycles. The fourth-order valence-electron chi connectivity index (χ4n) is 3.36. The number of ether oxygens (including phenoxy) is 1.